The Balaban J connectivity index is 1.38. The summed E-state index contributed by atoms with van der Waals surface area (Å²) in [6.45, 7) is 4.18. The van der Waals surface area contributed by atoms with E-state index < -0.39 is 0 Å². The lowest BCUT2D eigenvalue weighted by atomic mass is 9.84. The fourth-order valence-corrected chi connectivity index (χ4v) is 4.97. The van der Waals surface area contributed by atoms with Crippen molar-refractivity contribution in [1.29, 1.82) is 0 Å². The minimum absolute atomic E-state index is 0.760. The molecule has 0 bridgehead atoms. The minimum Gasteiger partial charge on any atom is -0.326 e. The molecule has 4 rings (SSSR count). The summed E-state index contributed by atoms with van der Waals surface area (Å²) in [6, 6.07) is 18.2. The highest BCUT2D eigenvalue weighted by Crippen LogP contribution is 2.33. The van der Waals surface area contributed by atoms with Crippen molar-refractivity contribution in [2.75, 3.05) is 23.3 Å². The maximum atomic E-state index is 4.82. The molecule has 3 heteroatoms. The molecule has 166 valence electrons. The van der Waals surface area contributed by atoms with Crippen molar-refractivity contribution in [1.82, 2.24) is 0 Å². The normalized spacial score (nSPS) is 17.5. The Morgan fingerprint density at radius 1 is 0.871 bits per heavy atom. The summed E-state index contributed by atoms with van der Waals surface area (Å²) < 4.78 is 0. The zero-order valence-electron chi connectivity index (χ0n) is 19.3. The molecule has 2 aromatic rings. The van der Waals surface area contributed by atoms with Gasteiger partial charge in [-0.2, -0.15) is 0 Å². The van der Waals surface area contributed by atoms with E-state index >= 15 is 0 Å². The molecule has 1 fully saturated rings. The summed E-state index contributed by atoms with van der Waals surface area (Å²) >= 11 is 0. The number of hydrogen-bond acceptors (Lipinski definition) is 3. The molecular weight excluding hydrogens is 378 g/mol. The van der Waals surface area contributed by atoms with Gasteiger partial charge in [0, 0.05) is 24.5 Å². The van der Waals surface area contributed by atoms with Gasteiger partial charge in [-0.25, -0.2) is 0 Å². The highest BCUT2D eigenvalue weighted by atomic mass is 15.3. The van der Waals surface area contributed by atoms with Crippen molar-refractivity contribution in [2.45, 2.75) is 83.5 Å². The van der Waals surface area contributed by atoms with Crippen LogP contribution in [-0.2, 0) is 6.42 Å². The van der Waals surface area contributed by atoms with Crippen LogP contribution in [0.2, 0.25) is 0 Å². The monoisotopic (exact) mass is 417 g/mol. The molecule has 0 saturated heterocycles. The van der Waals surface area contributed by atoms with Gasteiger partial charge in [0.05, 0.1) is 0 Å². The average molecular weight is 418 g/mol. The van der Waals surface area contributed by atoms with Crippen LogP contribution in [0.1, 0.15) is 88.2 Å². The van der Waals surface area contributed by atoms with Crippen LogP contribution in [0.5, 0.6) is 0 Å². The Kier molecular flexibility index (Phi) is 8.04. The van der Waals surface area contributed by atoms with E-state index in [-0.39, 0.29) is 0 Å². The number of rotatable bonds is 8. The molecule has 1 aliphatic carbocycles. The first kappa shape index (κ1) is 21.9. The third-order valence-electron chi connectivity index (χ3n) is 6.87. The van der Waals surface area contributed by atoms with E-state index in [1.165, 1.54) is 81.0 Å². The molecule has 1 aliphatic heterocycles. The van der Waals surface area contributed by atoms with E-state index in [0.717, 1.165) is 37.1 Å². The summed E-state index contributed by atoms with van der Waals surface area (Å²) in [5.74, 6) is 1.74. The van der Waals surface area contributed by atoms with Crippen LogP contribution in [0.15, 0.2) is 53.5 Å². The first-order chi connectivity index (χ1) is 15.3. The van der Waals surface area contributed by atoms with Crippen LogP contribution in [-0.4, -0.2) is 19.0 Å². The van der Waals surface area contributed by atoms with Crippen molar-refractivity contribution < 1.29 is 0 Å². The lowest BCUT2D eigenvalue weighted by Crippen LogP contribution is -2.40. The third kappa shape index (κ3) is 6.12. The zero-order valence-corrected chi connectivity index (χ0v) is 19.3. The highest BCUT2D eigenvalue weighted by Gasteiger charge is 2.19. The molecule has 0 atom stereocenters. The molecule has 1 heterocycles. The Hall–Kier alpha value is -2.29. The van der Waals surface area contributed by atoms with Crippen molar-refractivity contribution in [2.24, 2.45) is 4.99 Å². The average Bonchev–Trinajstić information content (AvgIpc) is 2.84. The molecule has 0 unspecified atom stereocenters. The van der Waals surface area contributed by atoms with Gasteiger partial charge in [0.2, 0.25) is 5.96 Å². The van der Waals surface area contributed by atoms with Crippen molar-refractivity contribution in [3.63, 3.8) is 0 Å². The van der Waals surface area contributed by atoms with Gasteiger partial charge in [-0.15, -0.1) is 0 Å². The Labute approximate surface area is 189 Å². The van der Waals surface area contributed by atoms with Crippen LogP contribution in [0, 0.1) is 0 Å². The maximum Gasteiger partial charge on any atom is 0.203 e. The second kappa shape index (κ2) is 11.4. The number of aryl methyl sites for hydroxylation is 1. The number of nitrogens with one attached hydrogen (secondary N) is 1. The fraction of sp³-hybridized carbons (Fsp3) is 0.536. The van der Waals surface area contributed by atoms with Gasteiger partial charge in [0.1, 0.15) is 0 Å². The lowest BCUT2D eigenvalue weighted by molar-refractivity contribution is 0.443. The molecule has 0 aromatic heterocycles. The summed E-state index contributed by atoms with van der Waals surface area (Å²) in [6.07, 6.45) is 14.4. The quantitative estimate of drug-likeness (QED) is 0.449. The molecule has 0 radical (unpaired) electrons. The molecule has 31 heavy (non-hydrogen) atoms. The number of nitrogens with zero attached hydrogens (tertiary/aromatic N) is 2. The second-order valence-electron chi connectivity index (χ2n) is 9.27. The predicted octanol–water partition coefficient (Wildman–Crippen LogP) is 7.54. The van der Waals surface area contributed by atoms with Crippen molar-refractivity contribution in [3.05, 3.63) is 59.7 Å². The second-order valence-corrected chi connectivity index (χ2v) is 9.27. The molecule has 3 nitrogen and oxygen atoms in total. The third-order valence-corrected chi connectivity index (χ3v) is 6.87. The maximum absolute atomic E-state index is 4.82. The van der Waals surface area contributed by atoms with Crippen LogP contribution >= 0.6 is 0 Å². The number of unbranched alkanes of at least 4 members (excludes halogenated alkanes) is 3. The van der Waals surface area contributed by atoms with Gasteiger partial charge in [-0.3, -0.25) is 4.99 Å². The predicted molar refractivity (Wildman–Crippen MR) is 134 cm³/mol. The van der Waals surface area contributed by atoms with Gasteiger partial charge in [-0.05, 0) is 73.4 Å². The SMILES string of the molecule is CCCCCCc1ccc(NC2=NCCCN2c2ccc(C3CCCCC3)cc2)cc1. The summed E-state index contributed by atoms with van der Waals surface area (Å²) in [4.78, 5) is 7.16. The van der Waals surface area contributed by atoms with Crippen LogP contribution < -0.4 is 10.2 Å². The largest absolute Gasteiger partial charge is 0.326 e. The summed E-state index contributed by atoms with van der Waals surface area (Å²) in [7, 11) is 0. The Bertz CT molecular complexity index is 816. The lowest BCUT2D eigenvalue weighted by Gasteiger charge is -2.30. The summed E-state index contributed by atoms with van der Waals surface area (Å²) in [5.41, 5.74) is 5.32. The molecule has 0 amide bonds. The van der Waals surface area contributed by atoms with Crippen LogP contribution in [0.4, 0.5) is 11.4 Å². The van der Waals surface area contributed by atoms with Gasteiger partial charge in [0.25, 0.3) is 0 Å². The molecule has 0 spiro atoms. The van der Waals surface area contributed by atoms with E-state index in [0.29, 0.717) is 0 Å². The number of guanidine groups is 1. The molecular formula is C28H39N3. The molecule has 2 aromatic carbocycles. The molecule has 1 N–H and O–H groups in total. The van der Waals surface area contributed by atoms with E-state index in [2.05, 4.69) is 65.7 Å². The fourth-order valence-electron chi connectivity index (χ4n) is 4.97. The van der Waals surface area contributed by atoms with E-state index in [1.54, 1.807) is 0 Å². The highest BCUT2D eigenvalue weighted by molar-refractivity contribution is 6.05. The first-order valence-electron chi connectivity index (χ1n) is 12.6. The molecule has 1 saturated carbocycles. The van der Waals surface area contributed by atoms with Crippen molar-refractivity contribution >= 4 is 17.3 Å². The number of aliphatic imine (C=N–C) groups is 1. The van der Waals surface area contributed by atoms with Gasteiger partial charge < -0.3 is 10.2 Å². The van der Waals surface area contributed by atoms with E-state index in [1.807, 2.05) is 0 Å². The standard InChI is InChI=1S/C28H39N3/c1-2-3-4-6-10-23-13-17-26(18-14-23)30-28-29-21-9-22-31(28)27-19-15-25(16-20-27)24-11-7-5-8-12-24/h13-20,24H,2-12,21-22H2,1H3,(H,29,30). The minimum atomic E-state index is 0.760. The smallest absolute Gasteiger partial charge is 0.203 e. The molecule has 2 aliphatic rings. The Morgan fingerprint density at radius 2 is 1.65 bits per heavy atom. The number of hydrogen-bond donors (Lipinski definition) is 1. The van der Waals surface area contributed by atoms with E-state index in [9.17, 15) is 0 Å². The number of benzene rings is 2. The Morgan fingerprint density at radius 3 is 2.39 bits per heavy atom. The van der Waals surface area contributed by atoms with Crippen LogP contribution in [0.3, 0.4) is 0 Å². The van der Waals surface area contributed by atoms with Gasteiger partial charge in [-0.1, -0.05) is 69.7 Å². The van der Waals surface area contributed by atoms with Gasteiger partial charge in [0.15, 0.2) is 0 Å². The van der Waals surface area contributed by atoms with Crippen molar-refractivity contribution in [3.8, 4) is 0 Å². The number of anilines is 2. The zero-order chi connectivity index (χ0) is 21.3. The topological polar surface area (TPSA) is 27.6 Å². The summed E-state index contributed by atoms with van der Waals surface area (Å²) in [5, 5.41) is 3.59. The van der Waals surface area contributed by atoms with E-state index in [4.69, 9.17) is 4.99 Å². The van der Waals surface area contributed by atoms with Gasteiger partial charge >= 0.3 is 0 Å². The van der Waals surface area contributed by atoms with Crippen LogP contribution in [0.25, 0.3) is 0 Å². The first-order valence-corrected chi connectivity index (χ1v) is 12.6.